The van der Waals surface area contributed by atoms with E-state index in [9.17, 15) is 10.2 Å². The van der Waals surface area contributed by atoms with Gasteiger partial charge < -0.3 is 37.5 Å². The molecule has 8 nitrogen and oxygen atoms in total. The van der Waals surface area contributed by atoms with Crippen LogP contribution < -0.4 is 27.3 Å². The smallest absolute Gasteiger partial charge is 0.215 e. The fourth-order valence-corrected chi connectivity index (χ4v) is 2.47. The molecule has 28 heavy (non-hydrogen) atoms. The van der Waals surface area contributed by atoms with Crippen LogP contribution >= 0.6 is 0 Å². The van der Waals surface area contributed by atoms with Gasteiger partial charge in [0.15, 0.2) is 5.82 Å². The van der Waals surface area contributed by atoms with Crippen LogP contribution in [0, 0.1) is 0 Å². The van der Waals surface area contributed by atoms with Gasteiger partial charge in [-0.25, -0.2) is 0 Å². The summed E-state index contributed by atoms with van der Waals surface area (Å²) in [5.41, 5.74) is 20.0. The fraction of sp³-hybridized carbons (Fsp3) is 0.150. The molecule has 0 unspecified atom stereocenters. The minimum Gasteiger partial charge on any atom is -0.508 e. The van der Waals surface area contributed by atoms with E-state index in [1.807, 2.05) is 0 Å². The van der Waals surface area contributed by atoms with Crippen molar-refractivity contribution in [3.8, 4) is 17.4 Å². The lowest BCUT2D eigenvalue weighted by molar-refractivity contribution is 0.398. The molecule has 1 aromatic heterocycles. The van der Waals surface area contributed by atoms with E-state index in [0.717, 1.165) is 0 Å². The van der Waals surface area contributed by atoms with Crippen LogP contribution in [0.3, 0.4) is 0 Å². The number of rotatable bonds is 4. The first-order valence-corrected chi connectivity index (χ1v) is 8.47. The summed E-state index contributed by atoms with van der Waals surface area (Å²) in [7, 11) is 3.33. The van der Waals surface area contributed by atoms with Gasteiger partial charge in [-0.1, -0.05) is 0 Å². The van der Waals surface area contributed by atoms with Gasteiger partial charge in [0.2, 0.25) is 5.88 Å². The Balaban J connectivity index is 0.000000221. The average Bonchev–Trinajstić information content (AvgIpc) is 2.68. The maximum atomic E-state index is 9.69. The van der Waals surface area contributed by atoms with E-state index in [1.165, 1.54) is 12.1 Å². The van der Waals surface area contributed by atoms with Gasteiger partial charge in [0.05, 0.1) is 12.8 Å². The van der Waals surface area contributed by atoms with Crippen molar-refractivity contribution in [1.82, 2.24) is 4.98 Å². The number of phenolic OH excluding ortho intramolecular Hbond substituents is 2. The van der Waals surface area contributed by atoms with Crippen molar-refractivity contribution >= 4 is 22.9 Å². The number of aromatic nitrogens is 1. The van der Waals surface area contributed by atoms with Crippen molar-refractivity contribution in [2.45, 2.75) is 6.42 Å². The Bertz CT molecular complexity index is 898. The second-order valence-corrected chi connectivity index (χ2v) is 5.99. The summed E-state index contributed by atoms with van der Waals surface area (Å²) >= 11 is 0. The Morgan fingerprint density at radius 3 is 1.89 bits per heavy atom. The molecule has 148 valence electrons. The normalized spacial score (nSPS) is 9.93. The molecule has 0 aliphatic rings. The number of benzene rings is 2. The quantitative estimate of drug-likeness (QED) is 0.297. The highest BCUT2D eigenvalue weighted by atomic mass is 16.5. The SMILES string of the molecule is CNc1nc(OC)ccc1N.Nc1ccc(O)c(Cc2cc(N)ccc2O)c1. The number of anilines is 4. The number of hydrogen-bond donors (Lipinski definition) is 6. The van der Waals surface area contributed by atoms with Gasteiger partial charge in [0.1, 0.15) is 11.5 Å². The van der Waals surface area contributed by atoms with E-state index < -0.39 is 0 Å². The molecule has 0 saturated heterocycles. The molecule has 9 N–H and O–H groups in total. The maximum Gasteiger partial charge on any atom is 0.215 e. The number of ether oxygens (including phenoxy) is 1. The number of pyridine rings is 1. The van der Waals surface area contributed by atoms with Crippen molar-refractivity contribution < 1.29 is 14.9 Å². The lowest BCUT2D eigenvalue weighted by Gasteiger charge is -2.08. The second-order valence-electron chi connectivity index (χ2n) is 5.99. The second kappa shape index (κ2) is 9.22. The Labute approximate surface area is 163 Å². The van der Waals surface area contributed by atoms with Crippen LogP contribution in [0.1, 0.15) is 11.1 Å². The molecule has 0 bridgehead atoms. The number of nitrogen functional groups attached to an aromatic ring is 3. The molecule has 2 aromatic carbocycles. The molecule has 0 spiro atoms. The zero-order valence-corrected chi connectivity index (χ0v) is 15.8. The zero-order valence-electron chi connectivity index (χ0n) is 15.8. The molecule has 0 radical (unpaired) electrons. The van der Waals surface area contributed by atoms with Crippen LogP contribution in [0.25, 0.3) is 0 Å². The molecule has 8 heteroatoms. The molecule has 0 aliphatic heterocycles. The van der Waals surface area contributed by atoms with Crippen LogP contribution in [0.5, 0.6) is 17.4 Å². The highest BCUT2D eigenvalue weighted by Crippen LogP contribution is 2.27. The third-order valence-corrected chi connectivity index (χ3v) is 3.93. The van der Waals surface area contributed by atoms with Crippen molar-refractivity contribution in [1.29, 1.82) is 0 Å². The van der Waals surface area contributed by atoms with Crippen LogP contribution in [-0.4, -0.2) is 29.4 Å². The van der Waals surface area contributed by atoms with Gasteiger partial charge in [-0.3, -0.25) is 0 Å². The van der Waals surface area contributed by atoms with Crippen molar-refractivity contribution in [3.05, 3.63) is 59.7 Å². The summed E-state index contributed by atoms with van der Waals surface area (Å²) in [6.45, 7) is 0. The maximum absolute atomic E-state index is 9.69. The van der Waals surface area contributed by atoms with Crippen LogP contribution in [0.2, 0.25) is 0 Å². The van der Waals surface area contributed by atoms with E-state index in [1.54, 1.807) is 50.6 Å². The minimum atomic E-state index is 0.154. The van der Waals surface area contributed by atoms with Crippen molar-refractivity contribution in [2.24, 2.45) is 0 Å². The van der Waals surface area contributed by atoms with E-state index in [0.29, 0.717) is 46.3 Å². The monoisotopic (exact) mass is 383 g/mol. The van der Waals surface area contributed by atoms with Crippen LogP contribution in [-0.2, 0) is 6.42 Å². The Morgan fingerprint density at radius 1 is 0.893 bits per heavy atom. The minimum absolute atomic E-state index is 0.154. The molecule has 3 rings (SSSR count). The predicted octanol–water partition coefficient (Wildman–Crippen LogP) is 2.57. The van der Waals surface area contributed by atoms with Gasteiger partial charge in [0.25, 0.3) is 0 Å². The summed E-state index contributed by atoms with van der Waals surface area (Å²) in [6.07, 6.45) is 0.383. The largest absolute Gasteiger partial charge is 0.508 e. The summed E-state index contributed by atoms with van der Waals surface area (Å²) in [5, 5.41) is 22.2. The van der Waals surface area contributed by atoms with Crippen LogP contribution in [0.4, 0.5) is 22.9 Å². The first-order valence-electron chi connectivity index (χ1n) is 8.47. The van der Waals surface area contributed by atoms with Crippen LogP contribution in [0.15, 0.2) is 48.5 Å². The first-order chi connectivity index (χ1) is 13.3. The lowest BCUT2D eigenvalue weighted by Crippen LogP contribution is -1.99. The first kappa shape index (κ1) is 20.5. The van der Waals surface area contributed by atoms with Gasteiger partial charge in [0, 0.05) is 42.0 Å². The summed E-state index contributed by atoms with van der Waals surface area (Å²) in [5.74, 6) is 1.51. The lowest BCUT2D eigenvalue weighted by atomic mass is 10.0. The number of hydrogen-bond acceptors (Lipinski definition) is 8. The van der Waals surface area contributed by atoms with E-state index in [2.05, 4.69) is 10.3 Å². The molecule has 0 fully saturated rings. The highest BCUT2D eigenvalue weighted by molar-refractivity contribution is 5.61. The van der Waals surface area contributed by atoms with E-state index in [-0.39, 0.29) is 11.5 Å². The molecule has 1 heterocycles. The topological polar surface area (TPSA) is 153 Å². The summed E-state index contributed by atoms with van der Waals surface area (Å²) < 4.78 is 4.90. The summed E-state index contributed by atoms with van der Waals surface area (Å²) in [4.78, 5) is 4.05. The van der Waals surface area contributed by atoms with Gasteiger partial charge in [-0.15, -0.1) is 0 Å². The standard InChI is InChI=1S/C13H14N2O2.C7H11N3O/c14-10-1-3-12(16)8(6-10)5-9-7-11(15)2-4-13(9)17;1-9-7-5(8)3-4-6(10-7)11-2/h1-4,6-7,16-17H,5,14-15H2;3-4H,8H2,1-2H3,(H,9,10). The molecule has 0 aliphatic carbocycles. The molecule has 0 saturated carbocycles. The molecule has 0 atom stereocenters. The predicted molar refractivity (Wildman–Crippen MR) is 113 cm³/mol. The molecule has 3 aromatic rings. The molecule has 0 amide bonds. The Kier molecular flexibility index (Phi) is 6.75. The number of phenols is 2. The Hall–Kier alpha value is -3.81. The van der Waals surface area contributed by atoms with Gasteiger partial charge >= 0.3 is 0 Å². The summed E-state index contributed by atoms with van der Waals surface area (Å²) in [6, 6.07) is 13.1. The number of methoxy groups -OCH3 is 1. The molecular weight excluding hydrogens is 358 g/mol. The number of nitrogens with zero attached hydrogens (tertiary/aromatic N) is 1. The van der Waals surface area contributed by atoms with Gasteiger partial charge in [-0.2, -0.15) is 4.98 Å². The zero-order chi connectivity index (χ0) is 20.7. The third kappa shape index (κ3) is 5.34. The van der Waals surface area contributed by atoms with Gasteiger partial charge in [-0.05, 0) is 42.5 Å². The highest BCUT2D eigenvalue weighted by Gasteiger charge is 2.07. The van der Waals surface area contributed by atoms with Crippen molar-refractivity contribution in [3.63, 3.8) is 0 Å². The van der Waals surface area contributed by atoms with E-state index >= 15 is 0 Å². The number of nitrogens with two attached hydrogens (primary N) is 3. The molecular formula is C20H25N5O3. The number of nitrogens with one attached hydrogen (secondary N) is 1. The Morgan fingerprint density at radius 2 is 1.43 bits per heavy atom. The third-order valence-electron chi connectivity index (χ3n) is 3.93. The fourth-order valence-electron chi connectivity index (χ4n) is 2.47. The number of aromatic hydroxyl groups is 2. The average molecular weight is 383 g/mol. The van der Waals surface area contributed by atoms with E-state index in [4.69, 9.17) is 21.9 Å². The van der Waals surface area contributed by atoms with Crippen molar-refractivity contribution in [2.75, 3.05) is 36.7 Å².